The topological polar surface area (TPSA) is 81.5 Å². The molecular weight excluding hydrogens is 292 g/mol. The largest absolute Gasteiger partial charge is 0.507 e. The van der Waals surface area contributed by atoms with Gasteiger partial charge in [-0.3, -0.25) is 0 Å². The Morgan fingerprint density at radius 1 is 1.17 bits per heavy atom. The van der Waals surface area contributed by atoms with E-state index in [1.54, 1.807) is 19.4 Å². The van der Waals surface area contributed by atoms with Crippen molar-refractivity contribution in [1.82, 2.24) is 5.16 Å². The first-order valence-corrected chi connectivity index (χ1v) is 7.34. The molecule has 2 aromatic carbocycles. The number of hydrogen-bond donors (Lipinski definition) is 2. The summed E-state index contributed by atoms with van der Waals surface area (Å²) in [7, 11) is 1.59. The summed E-state index contributed by atoms with van der Waals surface area (Å²) in [5, 5.41) is 14.4. The van der Waals surface area contributed by atoms with Crippen molar-refractivity contribution in [1.29, 1.82) is 0 Å². The Morgan fingerprint density at radius 3 is 2.57 bits per heavy atom. The lowest BCUT2D eigenvalue weighted by atomic mass is 9.98. The van der Waals surface area contributed by atoms with E-state index in [1.165, 1.54) is 0 Å². The third kappa shape index (κ3) is 2.73. The summed E-state index contributed by atoms with van der Waals surface area (Å²) in [6.45, 7) is 2.03. The normalized spacial score (nSPS) is 10.7. The zero-order valence-corrected chi connectivity index (χ0v) is 13.0. The minimum Gasteiger partial charge on any atom is -0.507 e. The molecule has 0 saturated carbocycles. The van der Waals surface area contributed by atoms with Gasteiger partial charge in [-0.25, -0.2) is 0 Å². The van der Waals surface area contributed by atoms with Crippen molar-refractivity contribution in [2.75, 3.05) is 12.8 Å². The van der Waals surface area contributed by atoms with Gasteiger partial charge >= 0.3 is 0 Å². The number of phenolic OH excluding ortho intramolecular Hbond substituents is 1. The minimum absolute atomic E-state index is 0.102. The number of benzene rings is 2. The summed E-state index contributed by atoms with van der Waals surface area (Å²) < 4.78 is 10.4. The average Bonchev–Trinajstić information content (AvgIpc) is 3.04. The number of hydrogen-bond acceptors (Lipinski definition) is 5. The molecule has 0 radical (unpaired) electrons. The molecule has 0 atom stereocenters. The molecule has 1 heterocycles. The molecular formula is C18H18N2O3. The minimum atomic E-state index is 0.102. The summed E-state index contributed by atoms with van der Waals surface area (Å²) >= 11 is 0. The van der Waals surface area contributed by atoms with Crippen LogP contribution in [0.15, 0.2) is 47.2 Å². The summed E-state index contributed by atoms with van der Waals surface area (Å²) in [4.78, 5) is 0. The maximum Gasteiger partial charge on any atom is 0.132 e. The molecule has 0 fully saturated rings. The number of aryl methyl sites for hydroxylation is 1. The summed E-state index contributed by atoms with van der Waals surface area (Å²) in [5.74, 6) is 0.760. The van der Waals surface area contributed by atoms with Crippen molar-refractivity contribution in [3.63, 3.8) is 0 Å². The zero-order chi connectivity index (χ0) is 16.4. The molecule has 3 N–H and O–H groups in total. The summed E-state index contributed by atoms with van der Waals surface area (Å²) in [5.41, 5.74) is 10.3. The molecule has 3 aromatic rings. The lowest BCUT2D eigenvalue weighted by Gasteiger charge is -2.11. The molecule has 1 aromatic heterocycles. The highest BCUT2D eigenvalue weighted by molar-refractivity contribution is 5.83. The van der Waals surface area contributed by atoms with Gasteiger partial charge in [-0.15, -0.1) is 0 Å². The van der Waals surface area contributed by atoms with E-state index in [9.17, 15) is 5.11 Å². The van der Waals surface area contributed by atoms with E-state index in [-0.39, 0.29) is 5.75 Å². The first-order valence-electron chi connectivity index (χ1n) is 7.34. The van der Waals surface area contributed by atoms with Gasteiger partial charge < -0.3 is 20.1 Å². The van der Waals surface area contributed by atoms with Gasteiger partial charge in [-0.05, 0) is 35.7 Å². The molecule has 0 spiro atoms. The van der Waals surface area contributed by atoms with E-state index in [4.69, 9.17) is 15.0 Å². The number of methoxy groups -OCH3 is 1. The maximum atomic E-state index is 10.3. The lowest BCUT2D eigenvalue weighted by molar-refractivity contribution is 0.403. The van der Waals surface area contributed by atoms with Gasteiger partial charge in [0, 0.05) is 22.9 Å². The van der Waals surface area contributed by atoms with Crippen molar-refractivity contribution in [3.8, 4) is 33.9 Å². The second kappa shape index (κ2) is 6.04. The Balaban J connectivity index is 2.13. The van der Waals surface area contributed by atoms with Crippen molar-refractivity contribution in [3.05, 3.63) is 48.2 Å². The summed E-state index contributed by atoms with van der Waals surface area (Å²) in [6.07, 6.45) is 2.35. The molecule has 0 aliphatic carbocycles. The van der Waals surface area contributed by atoms with Crippen LogP contribution in [0.4, 0.5) is 5.69 Å². The molecule has 23 heavy (non-hydrogen) atoms. The third-order valence-electron chi connectivity index (χ3n) is 3.83. The molecule has 0 unspecified atom stereocenters. The van der Waals surface area contributed by atoms with Crippen LogP contribution in [0.25, 0.3) is 22.4 Å². The third-order valence-corrected chi connectivity index (χ3v) is 3.83. The number of phenols is 1. The molecule has 0 aliphatic heterocycles. The fourth-order valence-electron chi connectivity index (χ4n) is 2.57. The SMILES string of the molecule is CCc1cc(-c2nocc2-c2ccc(N)cc2)c(O)cc1OC. The lowest BCUT2D eigenvalue weighted by Crippen LogP contribution is -1.93. The highest BCUT2D eigenvalue weighted by Gasteiger charge is 2.18. The van der Waals surface area contributed by atoms with E-state index in [1.807, 2.05) is 37.3 Å². The highest BCUT2D eigenvalue weighted by Crippen LogP contribution is 2.39. The molecule has 118 valence electrons. The van der Waals surface area contributed by atoms with Gasteiger partial charge in [-0.1, -0.05) is 24.2 Å². The fourth-order valence-corrected chi connectivity index (χ4v) is 2.57. The van der Waals surface area contributed by atoms with Crippen molar-refractivity contribution >= 4 is 5.69 Å². The second-order valence-corrected chi connectivity index (χ2v) is 5.23. The van der Waals surface area contributed by atoms with Crippen LogP contribution in [-0.4, -0.2) is 17.4 Å². The number of anilines is 1. The van der Waals surface area contributed by atoms with E-state index < -0.39 is 0 Å². The first-order chi connectivity index (χ1) is 11.1. The monoisotopic (exact) mass is 310 g/mol. The zero-order valence-electron chi connectivity index (χ0n) is 13.0. The van der Waals surface area contributed by atoms with E-state index in [2.05, 4.69) is 5.16 Å². The second-order valence-electron chi connectivity index (χ2n) is 5.23. The number of nitrogen functional groups attached to an aromatic ring is 1. The average molecular weight is 310 g/mol. The van der Waals surface area contributed by atoms with Crippen LogP contribution in [-0.2, 0) is 6.42 Å². The van der Waals surface area contributed by atoms with Crippen molar-refractivity contribution in [2.24, 2.45) is 0 Å². The van der Waals surface area contributed by atoms with Gasteiger partial charge in [0.15, 0.2) is 0 Å². The molecule has 5 heteroatoms. The Labute approximate surface area is 134 Å². The van der Waals surface area contributed by atoms with Crippen molar-refractivity contribution in [2.45, 2.75) is 13.3 Å². The first kappa shape index (κ1) is 15.0. The molecule has 0 saturated heterocycles. The van der Waals surface area contributed by atoms with Crippen LogP contribution in [0.1, 0.15) is 12.5 Å². The van der Waals surface area contributed by atoms with Crippen LogP contribution in [0.5, 0.6) is 11.5 Å². The van der Waals surface area contributed by atoms with Gasteiger partial charge in [0.1, 0.15) is 23.5 Å². The Morgan fingerprint density at radius 2 is 1.91 bits per heavy atom. The quantitative estimate of drug-likeness (QED) is 0.715. The number of nitrogens with zero attached hydrogens (tertiary/aromatic N) is 1. The van der Waals surface area contributed by atoms with Gasteiger partial charge in [0.2, 0.25) is 0 Å². The number of nitrogens with two attached hydrogens (primary N) is 1. The molecule has 3 rings (SSSR count). The Bertz CT molecular complexity index is 823. The summed E-state index contributed by atoms with van der Waals surface area (Å²) in [6, 6.07) is 10.9. The molecule has 0 amide bonds. The Hall–Kier alpha value is -2.95. The van der Waals surface area contributed by atoms with Gasteiger partial charge in [0.05, 0.1) is 7.11 Å². The smallest absolute Gasteiger partial charge is 0.132 e. The standard InChI is InChI=1S/C18H18N2O3/c1-3-11-8-14(16(21)9-17(11)22-2)18-15(10-23-20-18)12-4-6-13(19)7-5-12/h4-10,21H,3,19H2,1-2H3. The van der Waals surface area contributed by atoms with Crippen LogP contribution in [0, 0.1) is 0 Å². The van der Waals surface area contributed by atoms with Gasteiger partial charge in [-0.2, -0.15) is 0 Å². The Kier molecular flexibility index (Phi) is 3.93. The molecule has 0 aliphatic rings. The van der Waals surface area contributed by atoms with Crippen LogP contribution < -0.4 is 10.5 Å². The van der Waals surface area contributed by atoms with Crippen LogP contribution in [0.3, 0.4) is 0 Å². The van der Waals surface area contributed by atoms with Crippen molar-refractivity contribution < 1.29 is 14.4 Å². The van der Waals surface area contributed by atoms with Crippen LogP contribution in [0.2, 0.25) is 0 Å². The maximum absolute atomic E-state index is 10.3. The predicted molar refractivity (Wildman–Crippen MR) is 89.4 cm³/mol. The highest BCUT2D eigenvalue weighted by atomic mass is 16.5. The number of rotatable bonds is 4. The van der Waals surface area contributed by atoms with E-state index >= 15 is 0 Å². The fraction of sp³-hybridized carbons (Fsp3) is 0.167. The van der Waals surface area contributed by atoms with E-state index in [0.29, 0.717) is 22.7 Å². The van der Waals surface area contributed by atoms with Gasteiger partial charge in [0.25, 0.3) is 0 Å². The molecule has 5 nitrogen and oxygen atoms in total. The number of aromatic nitrogens is 1. The molecule has 0 bridgehead atoms. The van der Waals surface area contributed by atoms with Crippen LogP contribution >= 0.6 is 0 Å². The predicted octanol–water partition coefficient (Wildman–Crippen LogP) is 3.87. The van der Waals surface area contributed by atoms with E-state index in [0.717, 1.165) is 23.1 Å². The number of ether oxygens (including phenoxy) is 1. The number of aromatic hydroxyl groups is 1.